The minimum atomic E-state index is 0.904. The summed E-state index contributed by atoms with van der Waals surface area (Å²) in [5.41, 5.74) is 0. The fourth-order valence-electron chi connectivity index (χ4n) is 3.89. The van der Waals surface area contributed by atoms with Gasteiger partial charge >= 0.3 is 0 Å². The average Bonchev–Trinajstić information content (AvgIpc) is 2.47. The van der Waals surface area contributed by atoms with Crippen LogP contribution in [0.25, 0.3) is 0 Å². The van der Waals surface area contributed by atoms with Gasteiger partial charge in [0.05, 0.1) is 0 Å². The molecule has 2 nitrogen and oxygen atoms in total. The molecule has 2 heterocycles. The number of nitrogens with zero attached hydrogens (tertiary/aromatic N) is 1. The van der Waals surface area contributed by atoms with Crippen molar-refractivity contribution in [3.8, 4) is 0 Å². The molecule has 0 aliphatic carbocycles. The van der Waals surface area contributed by atoms with Crippen molar-refractivity contribution in [3.63, 3.8) is 0 Å². The first-order valence-electron chi connectivity index (χ1n) is 8.72. The maximum Gasteiger partial charge on any atom is -0.00161 e. The van der Waals surface area contributed by atoms with Crippen LogP contribution in [-0.2, 0) is 0 Å². The third kappa shape index (κ3) is 5.07. The van der Waals surface area contributed by atoms with Crippen molar-refractivity contribution in [2.24, 2.45) is 17.8 Å². The van der Waals surface area contributed by atoms with E-state index in [1.54, 1.807) is 0 Å². The zero-order chi connectivity index (χ0) is 13.5. The Labute approximate surface area is 120 Å². The van der Waals surface area contributed by atoms with Gasteiger partial charge in [-0.1, -0.05) is 26.7 Å². The molecule has 2 saturated heterocycles. The van der Waals surface area contributed by atoms with E-state index in [4.69, 9.17) is 0 Å². The molecule has 2 atom stereocenters. The molecule has 2 rings (SSSR count). The normalized spacial score (nSPS) is 28.4. The van der Waals surface area contributed by atoms with Gasteiger partial charge in [-0.25, -0.2) is 0 Å². The number of nitrogens with one attached hydrogen (secondary N) is 1. The van der Waals surface area contributed by atoms with E-state index in [9.17, 15) is 0 Å². The van der Waals surface area contributed by atoms with Crippen LogP contribution in [0.3, 0.4) is 0 Å². The van der Waals surface area contributed by atoms with Crippen molar-refractivity contribution >= 4 is 0 Å². The summed E-state index contributed by atoms with van der Waals surface area (Å²) in [6.07, 6.45) is 9.98. The van der Waals surface area contributed by atoms with Gasteiger partial charge in [0.2, 0.25) is 0 Å². The standard InChI is InChI=1S/C17H34N2/c1-3-5-16-8-12-19(13-9-16)11-7-15(2)17-6-4-10-18-14-17/h15-18H,3-14H2,1-2H3. The molecule has 0 saturated carbocycles. The zero-order valence-electron chi connectivity index (χ0n) is 13.2. The number of likely N-dealkylation sites (tertiary alicyclic amines) is 1. The third-order valence-corrected chi connectivity index (χ3v) is 5.44. The summed E-state index contributed by atoms with van der Waals surface area (Å²) in [5.74, 6) is 2.87. The summed E-state index contributed by atoms with van der Waals surface area (Å²) in [6.45, 7) is 11.4. The van der Waals surface area contributed by atoms with E-state index >= 15 is 0 Å². The summed E-state index contributed by atoms with van der Waals surface area (Å²) in [5, 5.41) is 3.56. The maximum absolute atomic E-state index is 3.56. The van der Waals surface area contributed by atoms with E-state index in [0.29, 0.717) is 0 Å². The Kier molecular flexibility index (Phi) is 6.66. The van der Waals surface area contributed by atoms with Gasteiger partial charge in [-0.05, 0) is 82.6 Å². The van der Waals surface area contributed by atoms with E-state index in [1.807, 2.05) is 0 Å². The van der Waals surface area contributed by atoms with Crippen molar-refractivity contribution in [2.75, 3.05) is 32.7 Å². The fourth-order valence-corrected chi connectivity index (χ4v) is 3.89. The minimum Gasteiger partial charge on any atom is -0.316 e. The van der Waals surface area contributed by atoms with Crippen LogP contribution < -0.4 is 5.32 Å². The number of rotatable bonds is 6. The molecule has 112 valence electrons. The molecule has 0 spiro atoms. The van der Waals surface area contributed by atoms with Crippen molar-refractivity contribution in [1.82, 2.24) is 10.2 Å². The Balaban J connectivity index is 1.60. The predicted octanol–water partition coefficient (Wildman–Crippen LogP) is 3.52. The summed E-state index contributed by atoms with van der Waals surface area (Å²) < 4.78 is 0. The van der Waals surface area contributed by atoms with Gasteiger partial charge in [0, 0.05) is 0 Å². The molecule has 2 aliphatic rings. The molecule has 0 aromatic rings. The van der Waals surface area contributed by atoms with E-state index < -0.39 is 0 Å². The maximum atomic E-state index is 3.56. The average molecular weight is 266 g/mol. The predicted molar refractivity (Wildman–Crippen MR) is 83.4 cm³/mol. The van der Waals surface area contributed by atoms with Crippen LogP contribution in [0.4, 0.5) is 0 Å². The van der Waals surface area contributed by atoms with Gasteiger partial charge in [0.25, 0.3) is 0 Å². The Morgan fingerprint density at radius 2 is 2.00 bits per heavy atom. The highest BCUT2D eigenvalue weighted by molar-refractivity contribution is 4.77. The molecule has 0 aromatic heterocycles. The van der Waals surface area contributed by atoms with Crippen LogP contribution >= 0.6 is 0 Å². The Morgan fingerprint density at radius 1 is 1.21 bits per heavy atom. The van der Waals surface area contributed by atoms with Gasteiger partial charge in [-0.2, -0.15) is 0 Å². The van der Waals surface area contributed by atoms with Gasteiger partial charge in [0.1, 0.15) is 0 Å². The first-order chi connectivity index (χ1) is 9.29. The highest BCUT2D eigenvalue weighted by Gasteiger charge is 2.22. The molecule has 0 bridgehead atoms. The lowest BCUT2D eigenvalue weighted by Gasteiger charge is -2.34. The van der Waals surface area contributed by atoms with Crippen molar-refractivity contribution in [1.29, 1.82) is 0 Å². The highest BCUT2D eigenvalue weighted by atomic mass is 15.1. The van der Waals surface area contributed by atoms with Gasteiger partial charge < -0.3 is 10.2 Å². The molecule has 2 aliphatic heterocycles. The number of hydrogen-bond acceptors (Lipinski definition) is 2. The second kappa shape index (κ2) is 8.26. The largest absolute Gasteiger partial charge is 0.316 e. The van der Waals surface area contributed by atoms with Crippen LogP contribution in [0.2, 0.25) is 0 Å². The first kappa shape index (κ1) is 15.3. The molecule has 0 aromatic carbocycles. The van der Waals surface area contributed by atoms with Crippen LogP contribution in [-0.4, -0.2) is 37.6 Å². The van der Waals surface area contributed by atoms with E-state index in [2.05, 4.69) is 24.1 Å². The first-order valence-corrected chi connectivity index (χ1v) is 8.72. The quantitative estimate of drug-likeness (QED) is 0.791. The van der Waals surface area contributed by atoms with Crippen molar-refractivity contribution < 1.29 is 0 Å². The number of hydrogen-bond donors (Lipinski definition) is 1. The highest BCUT2D eigenvalue weighted by Crippen LogP contribution is 2.25. The SMILES string of the molecule is CCCC1CCN(CCC(C)C2CCCNC2)CC1. The van der Waals surface area contributed by atoms with Gasteiger partial charge in [-0.3, -0.25) is 0 Å². The lowest BCUT2D eigenvalue weighted by Crippen LogP contribution is -2.37. The van der Waals surface area contributed by atoms with Crippen LogP contribution in [0.1, 0.15) is 58.8 Å². The smallest absolute Gasteiger partial charge is 0.00161 e. The van der Waals surface area contributed by atoms with Crippen molar-refractivity contribution in [2.45, 2.75) is 58.8 Å². The third-order valence-electron chi connectivity index (χ3n) is 5.44. The Morgan fingerprint density at radius 3 is 2.63 bits per heavy atom. The molecule has 2 unspecified atom stereocenters. The Bertz CT molecular complexity index is 227. The molecule has 0 radical (unpaired) electrons. The topological polar surface area (TPSA) is 15.3 Å². The van der Waals surface area contributed by atoms with Gasteiger partial charge in [0.15, 0.2) is 0 Å². The number of piperidine rings is 2. The van der Waals surface area contributed by atoms with Crippen LogP contribution in [0.5, 0.6) is 0 Å². The molecular weight excluding hydrogens is 232 g/mol. The molecule has 2 heteroatoms. The van der Waals surface area contributed by atoms with Crippen LogP contribution in [0, 0.1) is 17.8 Å². The second-order valence-electron chi connectivity index (χ2n) is 6.95. The summed E-state index contributed by atoms with van der Waals surface area (Å²) in [7, 11) is 0. The second-order valence-corrected chi connectivity index (χ2v) is 6.95. The fraction of sp³-hybridized carbons (Fsp3) is 1.00. The van der Waals surface area contributed by atoms with E-state index in [0.717, 1.165) is 17.8 Å². The monoisotopic (exact) mass is 266 g/mol. The lowest BCUT2D eigenvalue weighted by molar-refractivity contribution is 0.157. The Hall–Kier alpha value is -0.0800. The molecule has 2 fully saturated rings. The summed E-state index contributed by atoms with van der Waals surface area (Å²) >= 11 is 0. The van der Waals surface area contributed by atoms with Crippen LogP contribution in [0.15, 0.2) is 0 Å². The summed E-state index contributed by atoms with van der Waals surface area (Å²) in [4.78, 5) is 2.72. The van der Waals surface area contributed by atoms with E-state index in [-0.39, 0.29) is 0 Å². The van der Waals surface area contributed by atoms with Crippen molar-refractivity contribution in [3.05, 3.63) is 0 Å². The van der Waals surface area contributed by atoms with Gasteiger partial charge in [-0.15, -0.1) is 0 Å². The molecule has 0 amide bonds. The zero-order valence-corrected chi connectivity index (χ0v) is 13.2. The molecule has 19 heavy (non-hydrogen) atoms. The lowest BCUT2D eigenvalue weighted by atomic mass is 9.85. The molecule has 1 N–H and O–H groups in total. The minimum absolute atomic E-state index is 0.904. The summed E-state index contributed by atoms with van der Waals surface area (Å²) in [6, 6.07) is 0. The molecular formula is C17H34N2. The van der Waals surface area contributed by atoms with E-state index in [1.165, 1.54) is 77.7 Å².